The van der Waals surface area contributed by atoms with Gasteiger partial charge >= 0.3 is 0 Å². The van der Waals surface area contributed by atoms with Crippen molar-refractivity contribution in [2.24, 2.45) is 0 Å². The van der Waals surface area contributed by atoms with Gasteiger partial charge in [0.25, 0.3) is 0 Å². The molecule has 0 aliphatic heterocycles. The Morgan fingerprint density at radius 2 is 1.96 bits per heavy atom. The van der Waals surface area contributed by atoms with E-state index in [-0.39, 0.29) is 11.9 Å². The van der Waals surface area contributed by atoms with Crippen LogP contribution in [0.4, 0.5) is 0 Å². The molecule has 0 spiro atoms. The van der Waals surface area contributed by atoms with Crippen molar-refractivity contribution >= 4 is 17.7 Å². The predicted molar refractivity (Wildman–Crippen MR) is 106 cm³/mol. The number of methoxy groups -OCH3 is 1. The van der Waals surface area contributed by atoms with Crippen LogP contribution in [-0.4, -0.2) is 18.8 Å². The van der Waals surface area contributed by atoms with Crippen LogP contribution in [0.5, 0.6) is 5.75 Å². The summed E-state index contributed by atoms with van der Waals surface area (Å²) >= 11 is 1.80. The lowest BCUT2D eigenvalue weighted by Crippen LogP contribution is -2.28. The Balaban J connectivity index is 1.80. The molecular formula is C21H27NO2S. The SMILES string of the molecule is CCC(NC(=O)CCSCc1ccccc1)c1ccc(OC)c(C)c1. The molecule has 0 saturated carbocycles. The first-order chi connectivity index (χ1) is 12.1. The second-order valence-electron chi connectivity index (χ2n) is 6.05. The topological polar surface area (TPSA) is 38.3 Å². The summed E-state index contributed by atoms with van der Waals surface area (Å²) in [6, 6.07) is 16.5. The predicted octanol–water partition coefficient (Wildman–Crippen LogP) is 4.89. The van der Waals surface area contributed by atoms with Crippen molar-refractivity contribution in [2.45, 2.75) is 38.5 Å². The van der Waals surface area contributed by atoms with Crippen LogP contribution in [0, 0.1) is 6.92 Å². The van der Waals surface area contributed by atoms with Crippen LogP contribution in [0.1, 0.15) is 42.5 Å². The monoisotopic (exact) mass is 357 g/mol. The average Bonchev–Trinajstić information content (AvgIpc) is 2.64. The van der Waals surface area contributed by atoms with Crippen LogP contribution in [0.2, 0.25) is 0 Å². The summed E-state index contributed by atoms with van der Waals surface area (Å²) in [5.74, 6) is 2.77. The molecule has 0 saturated heterocycles. The quantitative estimate of drug-likeness (QED) is 0.649. The van der Waals surface area contributed by atoms with Gasteiger partial charge < -0.3 is 10.1 Å². The van der Waals surface area contributed by atoms with Crippen molar-refractivity contribution in [1.82, 2.24) is 5.32 Å². The Morgan fingerprint density at radius 3 is 2.60 bits per heavy atom. The third-order valence-electron chi connectivity index (χ3n) is 4.15. The van der Waals surface area contributed by atoms with Gasteiger partial charge in [-0.25, -0.2) is 0 Å². The maximum absolute atomic E-state index is 12.3. The highest BCUT2D eigenvalue weighted by molar-refractivity contribution is 7.98. The average molecular weight is 358 g/mol. The summed E-state index contributed by atoms with van der Waals surface area (Å²) in [6.45, 7) is 4.12. The van der Waals surface area contributed by atoms with E-state index in [0.29, 0.717) is 6.42 Å². The van der Waals surface area contributed by atoms with Crippen molar-refractivity contribution in [3.05, 3.63) is 65.2 Å². The number of thioether (sulfide) groups is 1. The van der Waals surface area contributed by atoms with Crippen molar-refractivity contribution in [3.8, 4) is 5.75 Å². The maximum Gasteiger partial charge on any atom is 0.221 e. The molecule has 3 nitrogen and oxygen atoms in total. The highest BCUT2D eigenvalue weighted by Gasteiger charge is 2.13. The molecule has 0 radical (unpaired) electrons. The molecule has 0 aliphatic carbocycles. The molecule has 2 aromatic rings. The van der Waals surface area contributed by atoms with Crippen LogP contribution < -0.4 is 10.1 Å². The van der Waals surface area contributed by atoms with Gasteiger partial charge in [-0.05, 0) is 36.1 Å². The van der Waals surface area contributed by atoms with Gasteiger partial charge in [-0.3, -0.25) is 4.79 Å². The summed E-state index contributed by atoms with van der Waals surface area (Å²) in [7, 11) is 1.67. The number of hydrogen-bond donors (Lipinski definition) is 1. The largest absolute Gasteiger partial charge is 0.496 e. The minimum absolute atomic E-state index is 0.0521. The number of rotatable bonds is 9. The lowest BCUT2D eigenvalue weighted by atomic mass is 10.0. The van der Waals surface area contributed by atoms with Crippen molar-refractivity contribution in [3.63, 3.8) is 0 Å². The molecule has 0 aliphatic rings. The molecular weight excluding hydrogens is 330 g/mol. The molecule has 1 unspecified atom stereocenters. The third kappa shape index (κ3) is 6.13. The maximum atomic E-state index is 12.3. The van der Waals surface area contributed by atoms with E-state index in [1.807, 2.05) is 37.3 Å². The van der Waals surface area contributed by atoms with E-state index in [0.717, 1.165) is 34.8 Å². The molecule has 0 fully saturated rings. The Bertz CT molecular complexity index is 673. The first-order valence-corrected chi connectivity index (χ1v) is 9.85. The van der Waals surface area contributed by atoms with E-state index in [9.17, 15) is 4.79 Å². The summed E-state index contributed by atoms with van der Waals surface area (Å²) in [5.41, 5.74) is 3.52. The van der Waals surface area contributed by atoms with E-state index in [1.165, 1.54) is 5.56 Å². The fourth-order valence-corrected chi connectivity index (χ4v) is 3.64. The van der Waals surface area contributed by atoms with Crippen molar-refractivity contribution in [1.29, 1.82) is 0 Å². The van der Waals surface area contributed by atoms with Gasteiger partial charge in [-0.1, -0.05) is 49.4 Å². The fraction of sp³-hybridized carbons (Fsp3) is 0.381. The first-order valence-electron chi connectivity index (χ1n) is 8.69. The molecule has 4 heteroatoms. The number of ether oxygens (including phenoxy) is 1. The summed E-state index contributed by atoms with van der Waals surface area (Å²) in [4.78, 5) is 12.3. The second-order valence-corrected chi connectivity index (χ2v) is 7.15. The summed E-state index contributed by atoms with van der Waals surface area (Å²) in [5, 5.41) is 3.15. The highest BCUT2D eigenvalue weighted by atomic mass is 32.2. The number of carbonyl (C=O) groups is 1. The van der Waals surface area contributed by atoms with Gasteiger partial charge in [0.1, 0.15) is 5.75 Å². The van der Waals surface area contributed by atoms with Crippen LogP contribution >= 0.6 is 11.8 Å². The molecule has 2 rings (SSSR count). The number of amides is 1. The van der Waals surface area contributed by atoms with Crippen molar-refractivity contribution in [2.75, 3.05) is 12.9 Å². The second kappa shape index (κ2) is 10.1. The van der Waals surface area contributed by atoms with Gasteiger partial charge in [0.2, 0.25) is 5.91 Å². The van der Waals surface area contributed by atoms with Gasteiger partial charge in [0, 0.05) is 17.9 Å². The Labute approximate surface area is 155 Å². The zero-order valence-corrected chi connectivity index (χ0v) is 16.1. The smallest absolute Gasteiger partial charge is 0.221 e. The summed E-state index contributed by atoms with van der Waals surface area (Å²) in [6.07, 6.45) is 1.41. The van der Waals surface area contributed by atoms with Crippen molar-refractivity contribution < 1.29 is 9.53 Å². The van der Waals surface area contributed by atoms with Gasteiger partial charge in [-0.15, -0.1) is 0 Å². The standard InChI is InChI=1S/C21H27NO2S/c1-4-19(18-10-11-20(24-3)16(2)14-18)22-21(23)12-13-25-15-17-8-6-5-7-9-17/h5-11,14,19H,4,12-13,15H2,1-3H3,(H,22,23). The molecule has 1 amide bonds. The molecule has 1 atom stereocenters. The Morgan fingerprint density at radius 1 is 1.20 bits per heavy atom. The van der Waals surface area contributed by atoms with Gasteiger partial charge in [0.05, 0.1) is 13.2 Å². The van der Waals surface area contributed by atoms with Gasteiger partial charge in [0.15, 0.2) is 0 Å². The minimum Gasteiger partial charge on any atom is -0.496 e. The zero-order chi connectivity index (χ0) is 18.1. The lowest BCUT2D eigenvalue weighted by molar-refractivity contribution is -0.121. The van der Waals surface area contributed by atoms with Crippen LogP contribution in [0.15, 0.2) is 48.5 Å². The summed E-state index contributed by atoms with van der Waals surface area (Å²) < 4.78 is 5.31. The molecule has 25 heavy (non-hydrogen) atoms. The number of aryl methyl sites for hydroxylation is 1. The van der Waals surface area contributed by atoms with E-state index in [1.54, 1.807) is 18.9 Å². The Hall–Kier alpha value is -1.94. The fourth-order valence-electron chi connectivity index (χ4n) is 2.74. The molecule has 0 heterocycles. The van der Waals surface area contributed by atoms with Crippen LogP contribution in [-0.2, 0) is 10.5 Å². The molecule has 134 valence electrons. The Kier molecular flexibility index (Phi) is 7.86. The highest BCUT2D eigenvalue weighted by Crippen LogP contribution is 2.24. The molecule has 0 aromatic heterocycles. The molecule has 2 aromatic carbocycles. The molecule has 1 N–H and O–H groups in total. The number of nitrogens with one attached hydrogen (secondary N) is 1. The van der Waals surface area contributed by atoms with E-state index in [2.05, 4.69) is 30.4 Å². The first kappa shape index (κ1) is 19.4. The number of carbonyl (C=O) groups excluding carboxylic acids is 1. The van der Waals surface area contributed by atoms with Crippen LogP contribution in [0.25, 0.3) is 0 Å². The number of benzene rings is 2. The van der Waals surface area contributed by atoms with E-state index >= 15 is 0 Å². The van der Waals surface area contributed by atoms with Crippen LogP contribution in [0.3, 0.4) is 0 Å². The third-order valence-corrected chi connectivity index (χ3v) is 5.18. The number of hydrogen-bond acceptors (Lipinski definition) is 3. The normalized spacial score (nSPS) is 11.8. The lowest BCUT2D eigenvalue weighted by Gasteiger charge is -2.19. The molecule has 0 bridgehead atoms. The zero-order valence-electron chi connectivity index (χ0n) is 15.2. The van der Waals surface area contributed by atoms with E-state index in [4.69, 9.17) is 4.74 Å². The van der Waals surface area contributed by atoms with E-state index < -0.39 is 0 Å². The minimum atomic E-state index is 0.0521. The van der Waals surface area contributed by atoms with Gasteiger partial charge in [-0.2, -0.15) is 11.8 Å².